The van der Waals surface area contributed by atoms with E-state index in [-0.39, 0.29) is 24.3 Å². The second-order valence-electron chi connectivity index (χ2n) is 9.56. The van der Waals surface area contributed by atoms with Crippen LogP contribution in [0, 0.1) is 12.7 Å². The summed E-state index contributed by atoms with van der Waals surface area (Å²) in [7, 11) is 3.04. The van der Waals surface area contributed by atoms with Gasteiger partial charge in [-0.05, 0) is 48.9 Å². The third-order valence-electron chi connectivity index (χ3n) is 6.71. The quantitative estimate of drug-likeness (QED) is 0.228. The van der Waals surface area contributed by atoms with Crippen molar-refractivity contribution in [1.82, 2.24) is 20.1 Å². The summed E-state index contributed by atoms with van der Waals surface area (Å²) in [6.07, 6.45) is 0.585. The normalized spacial score (nSPS) is 11.7. The molecule has 3 aromatic carbocycles. The Balaban J connectivity index is 1.24. The molecule has 11 heteroatoms. The number of amides is 1. The number of hydrogen-bond donors (Lipinski definition) is 3. The number of carbonyl (C=O) groups is 1. The third kappa shape index (κ3) is 5.81. The number of H-pyrrole nitrogens is 1. The predicted molar refractivity (Wildman–Crippen MR) is 154 cm³/mol. The fourth-order valence-electron chi connectivity index (χ4n) is 4.63. The molecular formula is C31H29FN4O6. The molecule has 2 aromatic heterocycles. The van der Waals surface area contributed by atoms with E-state index in [1.165, 1.54) is 31.0 Å². The van der Waals surface area contributed by atoms with E-state index in [9.17, 15) is 14.7 Å². The van der Waals surface area contributed by atoms with Gasteiger partial charge in [0, 0.05) is 36.3 Å². The van der Waals surface area contributed by atoms with Crippen LogP contribution in [0.15, 0.2) is 77.7 Å². The molecule has 5 rings (SSSR count). The van der Waals surface area contributed by atoms with E-state index in [4.69, 9.17) is 14.2 Å². The lowest BCUT2D eigenvalue weighted by molar-refractivity contribution is 0.0914. The lowest BCUT2D eigenvalue weighted by atomic mass is 10.1. The standard InChI is InChI=1S/C31H29FN4O6/c1-18-29(31(39)36(35-18)20-7-5-4-6-8-20)30(38)34-17-21(37)13-19-9-10-26(23(32)14-19)42-25-11-12-33-24-16-28(41-3)27(40-2)15-22(24)25/h4-12,14-16,21,35,37H,13,17H2,1-3H3,(H,34,38)/t21-/m0/s1. The summed E-state index contributed by atoms with van der Waals surface area (Å²) in [5, 5.41) is 16.6. The number of halogens is 1. The Labute approximate surface area is 240 Å². The number of aryl methyl sites for hydroxylation is 1. The first-order valence-corrected chi connectivity index (χ1v) is 13.1. The second kappa shape index (κ2) is 12.1. The minimum atomic E-state index is -1.03. The highest BCUT2D eigenvalue weighted by Gasteiger charge is 2.20. The molecule has 5 aromatic rings. The van der Waals surface area contributed by atoms with Gasteiger partial charge in [-0.15, -0.1) is 0 Å². The maximum atomic E-state index is 15.0. The molecule has 0 saturated heterocycles. The van der Waals surface area contributed by atoms with Crippen LogP contribution in [-0.4, -0.2) is 52.6 Å². The molecule has 0 unspecified atom stereocenters. The monoisotopic (exact) mass is 572 g/mol. The highest BCUT2D eigenvalue weighted by Crippen LogP contribution is 2.37. The molecule has 1 amide bonds. The van der Waals surface area contributed by atoms with Gasteiger partial charge < -0.3 is 24.6 Å². The molecule has 0 aliphatic rings. The van der Waals surface area contributed by atoms with Crippen LogP contribution in [0.4, 0.5) is 4.39 Å². The molecule has 0 fully saturated rings. The highest BCUT2D eigenvalue weighted by atomic mass is 19.1. The zero-order valence-electron chi connectivity index (χ0n) is 23.2. The fraction of sp³-hybridized carbons (Fsp3) is 0.194. The Morgan fingerprint density at radius 1 is 1.02 bits per heavy atom. The van der Waals surface area contributed by atoms with Crippen LogP contribution < -0.4 is 25.1 Å². The maximum Gasteiger partial charge on any atom is 0.284 e. The van der Waals surface area contributed by atoms with Gasteiger partial charge in [0.1, 0.15) is 11.3 Å². The molecule has 0 spiro atoms. The number of methoxy groups -OCH3 is 2. The largest absolute Gasteiger partial charge is 0.493 e. The summed E-state index contributed by atoms with van der Waals surface area (Å²) >= 11 is 0. The average Bonchev–Trinajstić information content (AvgIpc) is 3.30. The number of fused-ring (bicyclic) bond motifs is 1. The maximum absolute atomic E-state index is 15.0. The Hall–Kier alpha value is -5.16. The van der Waals surface area contributed by atoms with Crippen LogP contribution in [0.5, 0.6) is 23.0 Å². The molecule has 10 nitrogen and oxygen atoms in total. The van der Waals surface area contributed by atoms with Crippen LogP contribution in [0.3, 0.4) is 0 Å². The Morgan fingerprint density at radius 2 is 1.76 bits per heavy atom. The van der Waals surface area contributed by atoms with Crippen molar-refractivity contribution in [2.24, 2.45) is 0 Å². The summed E-state index contributed by atoms with van der Waals surface area (Å²) in [6, 6.07) is 18.3. The number of aliphatic hydroxyl groups excluding tert-OH is 1. The number of rotatable bonds is 10. The minimum Gasteiger partial charge on any atom is -0.493 e. The Kier molecular flexibility index (Phi) is 8.21. The number of carbonyl (C=O) groups excluding carboxylic acids is 1. The van der Waals surface area contributed by atoms with E-state index in [0.29, 0.717) is 45.1 Å². The van der Waals surface area contributed by atoms with Gasteiger partial charge in [-0.25, -0.2) is 9.07 Å². The summed E-state index contributed by atoms with van der Waals surface area (Å²) < 4.78 is 32.9. The number of benzene rings is 3. The third-order valence-corrected chi connectivity index (χ3v) is 6.71. The first-order chi connectivity index (χ1) is 20.3. The van der Waals surface area contributed by atoms with Gasteiger partial charge in [0.05, 0.1) is 31.5 Å². The SMILES string of the molecule is COc1cc2nccc(Oc3ccc(C[C@H](O)CNC(=O)c4c(C)[nH]n(-c5ccccc5)c4=O)cc3F)c2cc1OC. The van der Waals surface area contributed by atoms with E-state index < -0.39 is 23.4 Å². The van der Waals surface area contributed by atoms with Gasteiger partial charge in [0.2, 0.25) is 0 Å². The average molecular weight is 573 g/mol. The van der Waals surface area contributed by atoms with E-state index in [0.717, 1.165) is 0 Å². The summed E-state index contributed by atoms with van der Waals surface area (Å²) in [6.45, 7) is 1.49. The van der Waals surface area contributed by atoms with E-state index >= 15 is 4.39 Å². The number of aromatic nitrogens is 3. The predicted octanol–water partition coefficient (Wildman–Crippen LogP) is 4.30. The van der Waals surface area contributed by atoms with Gasteiger partial charge in [-0.2, -0.15) is 0 Å². The van der Waals surface area contributed by atoms with Crippen LogP contribution in [0.25, 0.3) is 16.6 Å². The van der Waals surface area contributed by atoms with Crippen LogP contribution in [0.2, 0.25) is 0 Å². The molecule has 1 atom stereocenters. The zero-order valence-corrected chi connectivity index (χ0v) is 23.2. The van der Waals surface area contributed by atoms with Gasteiger partial charge in [-0.1, -0.05) is 24.3 Å². The van der Waals surface area contributed by atoms with Crippen molar-refractivity contribution in [3.63, 3.8) is 0 Å². The first kappa shape index (κ1) is 28.4. The molecule has 0 saturated carbocycles. The van der Waals surface area contributed by atoms with Crippen molar-refractivity contribution >= 4 is 16.8 Å². The zero-order chi connectivity index (χ0) is 29.8. The van der Waals surface area contributed by atoms with Crippen LogP contribution >= 0.6 is 0 Å². The van der Waals surface area contributed by atoms with Crippen molar-refractivity contribution in [2.75, 3.05) is 20.8 Å². The van der Waals surface area contributed by atoms with E-state index in [1.807, 2.05) is 6.07 Å². The van der Waals surface area contributed by atoms with Crippen molar-refractivity contribution in [2.45, 2.75) is 19.4 Å². The first-order valence-electron chi connectivity index (χ1n) is 13.1. The molecule has 216 valence electrons. The molecule has 0 aliphatic carbocycles. The number of nitrogens with zero attached hydrogens (tertiary/aromatic N) is 2. The van der Waals surface area contributed by atoms with Gasteiger partial charge >= 0.3 is 0 Å². The van der Waals surface area contributed by atoms with Gasteiger partial charge in [0.15, 0.2) is 23.1 Å². The van der Waals surface area contributed by atoms with Gasteiger partial charge in [0.25, 0.3) is 11.5 Å². The molecular weight excluding hydrogens is 543 g/mol. The fourth-order valence-corrected chi connectivity index (χ4v) is 4.63. The summed E-state index contributed by atoms with van der Waals surface area (Å²) in [5.41, 5.74) is 1.53. The molecule has 0 bridgehead atoms. The Bertz CT molecular complexity index is 1800. The van der Waals surface area contributed by atoms with Crippen LogP contribution in [-0.2, 0) is 6.42 Å². The minimum absolute atomic E-state index is 0.0125. The van der Waals surface area contributed by atoms with E-state index in [2.05, 4.69) is 15.4 Å². The van der Waals surface area contributed by atoms with E-state index in [1.54, 1.807) is 61.7 Å². The molecule has 42 heavy (non-hydrogen) atoms. The molecule has 3 N–H and O–H groups in total. The summed E-state index contributed by atoms with van der Waals surface area (Å²) in [5.74, 6) is 0.110. The number of para-hydroxylation sites is 1. The smallest absolute Gasteiger partial charge is 0.284 e. The number of aromatic amines is 1. The molecule has 0 radical (unpaired) electrons. The van der Waals surface area contributed by atoms with Crippen LogP contribution in [0.1, 0.15) is 21.6 Å². The van der Waals surface area contributed by atoms with Crippen molar-refractivity contribution in [1.29, 1.82) is 0 Å². The highest BCUT2D eigenvalue weighted by molar-refractivity contribution is 5.95. The topological polar surface area (TPSA) is 128 Å². The Morgan fingerprint density at radius 3 is 2.48 bits per heavy atom. The van der Waals surface area contributed by atoms with Gasteiger partial charge in [-0.3, -0.25) is 19.7 Å². The molecule has 0 aliphatic heterocycles. The number of pyridine rings is 1. The summed E-state index contributed by atoms with van der Waals surface area (Å²) in [4.78, 5) is 29.9. The van der Waals surface area contributed by atoms with Crippen molar-refractivity contribution < 1.29 is 28.5 Å². The second-order valence-corrected chi connectivity index (χ2v) is 9.56. The number of hydrogen-bond acceptors (Lipinski definition) is 7. The number of nitrogens with one attached hydrogen (secondary N) is 2. The number of ether oxygens (including phenoxy) is 3. The van der Waals surface area contributed by atoms with Crippen molar-refractivity contribution in [3.8, 4) is 28.7 Å². The number of aliphatic hydroxyl groups is 1. The lowest BCUT2D eigenvalue weighted by Gasteiger charge is -2.14. The molecule has 2 heterocycles. The van der Waals surface area contributed by atoms with Crippen molar-refractivity contribution in [3.05, 3.63) is 106 Å². The lowest BCUT2D eigenvalue weighted by Crippen LogP contribution is -2.36.